The predicted octanol–water partition coefficient (Wildman–Crippen LogP) is 2.44. The van der Waals surface area contributed by atoms with Crippen molar-refractivity contribution >= 4 is 29.0 Å². The van der Waals surface area contributed by atoms with Crippen LogP contribution in [0.25, 0.3) is 0 Å². The fourth-order valence-electron chi connectivity index (χ4n) is 5.49. The summed E-state index contributed by atoms with van der Waals surface area (Å²) in [5.74, 6) is -2.43. The number of ether oxygens (including phenoxy) is 1. The Morgan fingerprint density at radius 2 is 1.81 bits per heavy atom. The summed E-state index contributed by atoms with van der Waals surface area (Å²) in [7, 11) is 1.37. The monoisotopic (exact) mass is 435 g/mol. The van der Waals surface area contributed by atoms with Crippen molar-refractivity contribution in [2.24, 2.45) is 11.8 Å². The normalized spacial score (nSPS) is 26.8. The lowest BCUT2D eigenvalue weighted by Gasteiger charge is -2.28. The molecule has 3 aliphatic heterocycles. The molecule has 3 saturated heterocycles. The van der Waals surface area contributed by atoms with Crippen LogP contribution >= 0.6 is 0 Å². The van der Waals surface area contributed by atoms with Crippen LogP contribution < -0.4 is 9.64 Å². The van der Waals surface area contributed by atoms with Crippen LogP contribution in [-0.2, 0) is 9.59 Å². The van der Waals surface area contributed by atoms with Crippen molar-refractivity contribution < 1.29 is 24.0 Å². The number of nitrogens with zero attached hydrogens (tertiary/aromatic N) is 3. The van der Waals surface area contributed by atoms with Gasteiger partial charge in [-0.25, -0.2) is 4.90 Å². The van der Waals surface area contributed by atoms with Crippen LogP contribution in [0.5, 0.6) is 5.75 Å². The number of methoxy groups -OCH3 is 1. The average Bonchev–Trinajstić information content (AvgIpc) is 3.45. The van der Waals surface area contributed by atoms with Crippen molar-refractivity contribution in [2.45, 2.75) is 24.9 Å². The molecular formula is C23H21N3O6. The van der Waals surface area contributed by atoms with Crippen LogP contribution in [0.2, 0.25) is 0 Å². The number of hydrogen-bond donors (Lipinski definition) is 0. The summed E-state index contributed by atoms with van der Waals surface area (Å²) in [6, 6.07) is 11.6. The van der Waals surface area contributed by atoms with Gasteiger partial charge in [0, 0.05) is 23.7 Å². The minimum absolute atomic E-state index is 0.0431. The van der Waals surface area contributed by atoms with E-state index < -0.39 is 34.6 Å². The lowest BCUT2D eigenvalue weighted by molar-refractivity contribution is -0.384. The lowest BCUT2D eigenvalue weighted by atomic mass is 9.85. The lowest BCUT2D eigenvalue weighted by Crippen LogP contribution is -2.46. The first-order valence-corrected chi connectivity index (χ1v) is 10.5. The van der Waals surface area contributed by atoms with Crippen molar-refractivity contribution in [3.8, 4) is 5.75 Å². The molecule has 0 bridgehead atoms. The largest absolute Gasteiger partial charge is 0.495 e. The van der Waals surface area contributed by atoms with E-state index in [4.69, 9.17) is 4.74 Å². The number of ketones is 1. The molecule has 32 heavy (non-hydrogen) atoms. The third-order valence-corrected chi connectivity index (χ3v) is 6.79. The quantitative estimate of drug-likeness (QED) is 0.307. The molecule has 0 spiro atoms. The molecule has 0 N–H and O–H groups in total. The van der Waals surface area contributed by atoms with E-state index in [2.05, 4.69) is 0 Å². The molecule has 3 fully saturated rings. The zero-order valence-electron chi connectivity index (χ0n) is 17.3. The highest BCUT2D eigenvalue weighted by molar-refractivity contribution is 6.25. The number of carbonyl (C=O) groups excluding carboxylic acids is 3. The Balaban J connectivity index is 1.59. The van der Waals surface area contributed by atoms with Crippen LogP contribution in [-0.4, -0.2) is 53.2 Å². The summed E-state index contributed by atoms with van der Waals surface area (Å²) in [6.45, 7) is 0.654. The molecule has 3 aliphatic rings. The summed E-state index contributed by atoms with van der Waals surface area (Å²) < 4.78 is 5.30. The molecule has 2 amide bonds. The zero-order chi connectivity index (χ0) is 22.6. The highest BCUT2D eigenvalue weighted by Crippen LogP contribution is 2.49. The first-order valence-electron chi connectivity index (χ1n) is 10.5. The molecule has 4 atom stereocenters. The fraction of sp³-hybridized carbons (Fsp3) is 0.348. The van der Waals surface area contributed by atoms with E-state index in [-0.39, 0.29) is 28.9 Å². The van der Waals surface area contributed by atoms with Gasteiger partial charge in [-0.2, -0.15) is 0 Å². The maximum atomic E-state index is 13.6. The van der Waals surface area contributed by atoms with E-state index in [1.54, 1.807) is 24.3 Å². The number of anilines is 1. The molecular weight excluding hydrogens is 414 g/mol. The Morgan fingerprint density at radius 1 is 1.09 bits per heavy atom. The van der Waals surface area contributed by atoms with Gasteiger partial charge in [0.2, 0.25) is 11.8 Å². The first kappa shape index (κ1) is 20.3. The van der Waals surface area contributed by atoms with Crippen molar-refractivity contribution in [1.82, 2.24) is 4.90 Å². The molecule has 3 heterocycles. The second-order valence-electron chi connectivity index (χ2n) is 8.30. The zero-order valence-corrected chi connectivity index (χ0v) is 17.3. The summed E-state index contributed by atoms with van der Waals surface area (Å²) in [5.41, 5.74) is 0.287. The number of imide groups is 1. The number of fused-ring (bicyclic) bond motifs is 3. The summed E-state index contributed by atoms with van der Waals surface area (Å²) in [6.07, 6.45) is 1.56. The number of rotatable bonds is 5. The van der Waals surface area contributed by atoms with Crippen LogP contribution in [0.3, 0.4) is 0 Å². The van der Waals surface area contributed by atoms with Gasteiger partial charge in [0.25, 0.3) is 5.69 Å². The minimum atomic E-state index is -0.829. The Bertz CT molecular complexity index is 1130. The van der Waals surface area contributed by atoms with Gasteiger partial charge in [-0.15, -0.1) is 0 Å². The summed E-state index contributed by atoms with van der Waals surface area (Å²) in [4.78, 5) is 54.3. The van der Waals surface area contributed by atoms with Crippen LogP contribution in [0.15, 0.2) is 48.5 Å². The third kappa shape index (κ3) is 2.85. The third-order valence-electron chi connectivity index (χ3n) is 6.79. The van der Waals surface area contributed by atoms with Crippen molar-refractivity contribution in [3.63, 3.8) is 0 Å². The number of benzene rings is 2. The molecule has 9 nitrogen and oxygen atoms in total. The predicted molar refractivity (Wildman–Crippen MR) is 113 cm³/mol. The Labute approximate surface area is 183 Å². The van der Waals surface area contributed by atoms with Crippen molar-refractivity contribution in [3.05, 3.63) is 64.2 Å². The Kier molecular flexibility index (Phi) is 4.78. The van der Waals surface area contributed by atoms with Crippen molar-refractivity contribution in [2.75, 3.05) is 18.6 Å². The average molecular weight is 435 g/mol. The number of hydrogen-bond acceptors (Lipinski definition) is 7. The van der Waals surface area contributed by atoms with Gasteiger partial charge in [0.1, 0.15) is 11.4 Å². The Hall–Kier alpha value is -3.59. The molecule has 164 valence electrons. The number of amides is 2. The summed E-state index contributed by atoms with van der Waals surface area (Å²) >= 11 is 0. The minimum Gasteiger partial charge on any atom is -0.495 e. The highest BCUT2D eigenvalue weighted by atomic mass is 16.6. The Morgan fingerprint density at radius 3 is 2.50 bits per heavy atom. The van der Waals surface area contributed by atoms with Gasteiger partial charge in [-0.3, -0.25) is 29.4 Å². The fourth-order valence-corrected chi connectivity index (χ4v) is 5.49. The van der Waals surface area contributed by atoms with Gasteiger partial charge in [-0.05, 0) is 25.5 Å². The number of nitro benzene ring substituents is 1. The van der Waals surface area contributed by atoms with E-state index in [0.29, 0.717) is 12.1 Å². The van der Waals surface area contributed by atoms with Crippen LogP contribution in [0.4, 0.5) is 11.4 Å². The molecule has 9 heteroatoms. The molecule has 0 aliphatic carbocycles. The number of nitro groups is 1. The second kappa shape index (κ2) is 7.52. The van der Waals surface area contributed by atoms with Gasteiger partial charge < -0.3 is 4.74 Å². The molecule has 2 aromatic rings. The molecule has 2 aromatic carbocycles. The second-order valence-corrected chi connectivity index (χ2v) is 8.30. The van der Waals surface area contributed by atoms with Gasteiger partial charge in [0.15, 0.2) is 5.78 Å². The van der Waals surface area contributed by atoms with E-state index in [9.17, 15) is 24.5 Å². The van der Waals surface area contributed by atoms with Gasteiger partial charge in [0.05, 0.1) is 29.9 Å². The highest BCUT2D eigenvalue weighted by Gasteiger charge is 2.65. The molecule has 0 aromatic heterocycles. The van der Waals surface area contributed by atoms with E-state index in [1.165, 1.54) is 25.3 Å². The maximum absolute atomic E-state index is 13.6. The number of Topliss-reactive ketones (excluding diaryl/α,β-unsaturated/α-hetero) is 1. The number of carbonyl (C=O) groups is 3. The van der Waals surface area contributed by atoms with E-state index in [0.717, 1.165) is 17.7 Å². The first-order chi connectivity index (χ1) is 15.4. The van der Waals surface area contributed by atoms with Gasteiger partial charge >= 0.3 is 0 Å². The van der Waals surface area contributed by atoms with E-state index in [1.807, 2.05) is 11.0 Å². The molecule has 5 rings (SSSR count). The topological polar surface area (TPSA) is 110 Å². The number of non-ortho nitro benzene ring substituents is 1. The maximum Gasteiger partial charge on any atom is 0.271 e. The van der Waals surface area contributed by atoms with Gasteiger partial charge in [-0.1, -0.05) is 30.3 Å². The molecule has 0 radical (unpaired) electrons. The van der Waals surface area contributed by atoms with Crippen LogP contribution in [0, 0.1) is 22.0 Å². The molecule has 0 saturated carbocycles. The SMILES string of the molecule is COc1ccc([N+](=O)[O-])cc1N1C(=O)[C@@H]2[C@H](C1=O)[C@@H](C(=O)c1ccccc1)N1CCC[C@H]21. The van der Waals surface area contributed by atoms with Crippen molar-refractivity contribution in [1.29, 1.82) is 0 Å². The summed E-state index contributed by atoms with van der Waals surface area (Å²) in [5, 5.41) is 11.3. The van der Waals surface area contributed by atoms with Crippen LogP contribution in [0.1, 0.15) is 23.2 Å². The standard InChI is InChI=1S/C23H21N3O6/c1-32-17-10-9-14(26(30)31)12-16(17)25-22(28)18-15-8-5-11-24(15)20(19(18)23(25)29)21(27)13-6-3-2-4-7-13/h2-4,6-7,9-10,12,15,18-20H,5,8,11H2,1H3/t15-,18+,19+,20+/m1/s1. The molecule has 0 unspecified atom stereocenters. The van der Waals surface area contributed by atoms with E-state index >= 15 is 0 Å². The smallest absolute Gasteiger partial charge is 0.271 e.